The molecule has 0 spiro atoms. The van der Waals surface area contributed by atoms with E-state index in [2.05, 4.69) is 51.8 Å². The Labute approximate surface area is 174 Å². The first kappa shape index (κ1) is 18.5. The molecule has 0 unspecified atom stereocenters. The van der Waals surface area contributed by atoms with Gasteiger partial charge in [0.25, 0.3) is 0 Å². The fourth-order valence-corrected chi connectivity index (χ4v) is 3.38. The second-order valence-corrected chi connectivity index (χ2v) is 7.56. The quantitative estimate of drug-likeness (QED) is 0.499. The number of ether oxygens (including phenoxy) is 1. The van der Waals surface area contributed by atoms with Crippen molar-refractivity contribution in [2.24, 2.45) is 5.92 Å². The summed E-state index contributed by atoms with van der Waals surface area (Å²) in [5.41, 5.74) is 5.00. The highest BCUT2D eigenvalue weighted by Gasteiger charge is 2.30. The Morgan fingerprint density at radius 3 is 2.43 bits per heavy atom. The SMILES string of the molecule is O=C(Nc1nc2c(-c3ccc(COCc4ccccc4)cc3)cccn2n1)C1CC1. The van der Waals surface area contributed by atoms with Gasteiger partial charge in [-0.25, -0.2) is 4.52 Å². The van der Waals surface area contributed by atoms with Crippen LogP contribution in [-0.4, -0.2) is 20.5 Å². The molecule has 6 nitrogen and oxygen atoms in total. The summed E-state index contributed by atoms with van der Waals surface area (Å²) in [5.74, 6) is 0.477. The fraction of sp³-hybridized carbons (Fsp3) is 0.208. The minimum Gasteiger partial charge on any atom is -0.372 e. The zero-order valence-electron chi connectivity index (χ0n) is 16.5. The van der Waals surface area contributed by atoms with Crippen LogP contribution >= 0.6 is 0 Å². The molecule has 5 rings (SSSR count). The maximum atomic E-state index is 12.0. The van der Waals surface area contributed by atoms with Crippen LogP contribution < -0.4 is 5.32 Å². The lowest BCUT2D eigenvalue weighted by Gasteiger charge is -2.07. The van der Waals surface area contributed by atoms with Gasteiger partial charge >= 0.3 is 0 Å². The molecule has 6 heteroatoms. The molecule has 0 aliphatic heterocycles. The van der Waals surface area contributed by atoms with E-state index in [1.165, 1.54) is 0 Å². The molecule has 2 aromatic carbocycles. The number of rotatable bonds is 7. The maximum absolute atomic E-state index is 12.0. The number of nitrogens with one attached hydrogen (secondary N) is 1. The van der Waals surface area contributed by atoms with Gasteiger partial charge in [-0.05, 0) is 41.7 Å². The van der Waals surface area contributed by atoms with E-state index >= 15 is 0 Å². The van der Waals surface area contributed by atoms with E-state index in [4.69, 9.17) is 4.74 Å². The van der Waals surface area contributed by atoms with Crippen LogP contribution in [0.1, 0.15) is 24.0 Å². The summed E-state index contributed by atoms with van der Waals surface area (Å²) in [6.45, 7) is 1.15. The summed E-state index contributed by atoms with van der Waals surface area (Å²) in [6.07, 6.45) is 3.74. The first-order chi connectivity index (χ1) is 14.8. The summed E-state index contributed by atoms with van der Waals surface area (Å²) >= 11 is 0. The van der Waals surface area contributed by atoms with Crippen LogP contribution in [0.2, 0.25) is 0 Å². The van der Waals surface area contributed by atoms with Gasteiger partial charge < -0.3 is 4.74 Å². The van der Waals surface area contributed by atoms with Crippen LogP contribution in [0.15, 0.2) is 72.9 Å². The predicted octanol–water partition coefficient (Wildman–Crippen LogP) is 4.46. The zero-order chi connectivity index (χ0) is 20.3. The largest absolute Gasteiger partial charge is 0.372 e. The van der Waals surface area contributed by atoms with Crippen molar-refractivity contribution in [3.63, 3.8) is 0 Å². The topological polar surface area (TPSA) is 68.5 Å². The van der Waals surface area contributed by atoms with Crippen LogP contribution in [0, 0.1) is 5.92 Å². The Morgan fingerprint density at radius 2 is 1.70 bits per heavy atom. The molecule has 0 atom stereocenters. The van der Waals surface area contributed by atoms with E-state index in [9.17, 15) is 4.79 Å². The van der Waals surface area contributed by atoms with Crippen LogP contribution in [-0.2, 0) is 22.7 Å². The second-order valence-electron chi connectivity index (χ2n) is 7.56. The lowest BCUT2D eigenvalue weighted by molar-refractivity contribution is -0.117. The average Bonchev–Trinajstić information content (AvgIpc) is 3.55. The number of fused-ring (bicyclic) bond motifs is 1. The standard InChI is InChI=1S/C24H22N4O2/c29-23(20-12-13-20)26-24-25-22-21(7-4-14-28(22)27-24)19-10-8-18(9-11-19)16-30-15-17-5-2-1-3-6-17/h1-11,14,20H,12-13,15-16H2,(H,26,27,29). The van der Waals surface area contributed by atoms with E-state index < -0.39 is 0 Å². The summed E-state index contributed by atoms with van der Waals surface area (Å²) < 4.78 is 7.52. The summed E-state index contributed by atoms with van der Waals surface area (Å²) in [6, 6.07) is 22.4. The minimum atomic E-state index is 0.00677. The van der Waals surface area contributed by atoms with Gasteiger partial charge in [0, 0.05) is 17.7 Å². The van der Waals surface area contributed by atoms with Gasteiger partial charge in [0.15, 0.2) is 5.65 Å². The Hall–Kier alpha value is -3.51. The van der Waals surface area contributed by atoms with E-state index in [0.717, 1.165) is 40.7 Å². The van der Waals surface area contributed by atoms with Gasteiger partial charge in [-0.3, -0.25) is 10.1 Å². The molecule has 1 fully saturated rings. The molecule has 0 radical (unpaired) electrons. The number of hydrogen-bond acceptors (Lipinski definition) is 4. The molecule has 150 valence electrons. The normalized spacial score (nSPS) is 13.5. The van der Waals surface area contributed by atoms with E-state index in [1.807, 2.05) is 36.5 Å². The van der Waals surface area contributed by atoms with Gasteiger partial charge in [-0.15, -0.1) is 5.10 Å². The summed E-state index contributed by atoms with van der Waals surface area (Å²) in [5, 5.41) is 7.21. The monoisotopic (exact) mass is 398 g/mol. The van der Waals surface area contributed by atoms with Crippen molar-refractivity contribution in [1.29, 1.82) is 0 Å². The number of anilines is 1. The van der Waals surface area contributed by atoms with Gasteiger partial charge in [0.1, 0.15) is 0 Å². The molecule has 1 aliphatic rings. The van der Waals surface area contributed by atoms with E-state index in [0.29, 0.717) is 19.2 Å². The molecular weight excluding hydrogens is 376 g/mol. The maximum Gasteiger partial charge on any atom is 0.249 e. The number of carbonyl (C=O) groups excluding carboxylic acids is 1. The molecule has 2 heterocycles. The molecule has 0 saturated heterocycles. The second kappa shape index (κ2) is 8.08. The molecule has 1 saturated carbocycles. The molecule has 1 aliphatic carbocycles. The van der Waals surface area contributed by atoms with Crippen molar-refractivity contribution in [3.05, 3.63) is 84.1 Å². The third-order valence-electron chi connectivity index (χ3n) is 5.19. The van der Waals surface area contributed by atoms with Crippen molar-refractivity contribution < 1.29 is 9.53 Å². The number of aromatic nitrogens is 3. The van der Waals surface area contributed by atoms with Crippen molar-refractivity contribution >= 4 is 17.5 Å². The highest BCUT2D eigenvalue weighted by molar-refractivity contribution is 5.93. The van der Waals surface area contributed by atoms with Gasteiger partial charge in [0.2, 0.25) is 11.9 Å². The van der Waals surface area contributed by atoms with E-state index in [-0.39, 0.29) is 11.8 Å². The molecular formula is C24H22N4O2. The van der Waals surface area contributed by atoms with Crippen LogP contribution in [0.25, 0.3) is 16.8 Å². The predicted molar refractivity (Wildman–Crippen MR) is 115 cm³/mol. The van der Waals surface area contributed by atoms with Crippen LogP contribution in [0.5, 0.6) is 0 Å². The summed E-state index contributed by atoms with van der Waals surface area (Å²) in [7, 11) is 0. The van der Waals surface area contributed by atoms with Crippen molar-refractivity contribution in [3.8, 4) is 11.1 Å². The smallest absolute Gasteiger partial charge is 0.249 e. The van der Waals surface area contributed by atoms with Gasteiger partial charge in [0.05, 0.1) is 13.2 Å². The fourth-order valence-electron chi connectivity index (χ4n) is 3.38. The van der Waals surface area contributed by atoms with E-state index in [1.54, 1.807) is 4.52 Å². The Balaban J connectivity index is 1.29. The van der Waals surface area contributed by atoms with Crippen molar-refractivity contribution in [2.45, 2.75) is 26.1 Å². The first-order valence-corrected chi connectivity index (χ1v) is 10.1. The molecule has 4 aromatic rings. The molecule has 2 aromatic heterocycles. The number of pyridine rings is 1. The lowest BCUT2D eigenvalue weighted by atomic mass is 10.1. The van der Waals surface area contributed by atoms with Gasteiger partial charge in [-0.2, -0.15) is 4.98 Å². The van der Waals surface area contributed by atoms with Crippen LogP contribution in [0.4, 0.5) is 5.95 Å². The Morgan fingerprint density at radius 1 is 0.967 bits per heavy atom. The minimum absolute atomic E-state index is 0.00677. The number of nitrogens with zero attached hydrogens (tertiary/aromatic N) is 3. The number of amides is 1. The number of hydrogen-bond donors (Lipinski definition) is 1. The highest BCUT2D eigenvalue weighted by Crippen LogP contribution is 2.30. The average molecular weight is 398 g/mol. The van der Waals surface area contributed by atoms with Crippen molar-refractivity contribution in [1.82, 2.24) is 14.6 Å². The Bertz CT molecular complexity index is 1170. The number of carbonyl (C=O) groups is 1. The van der Waals surface area contributed by atoms with Crippen molar-refractivity contribution in [2.75, 3.05) is 5.32 Å². The molecule has 1 N–H and O–H groups in total. The van der Waals surface area contributed by atoms with Crippen LogP contribution in [0.3, 0.4) is 0 Å². The zero-order valence-corrected chi connectivity index (χ0v) is 16.5. The van der Waals surface area contributed by atoms with Gasteiger partial charge in [-0.1, -0.05) is 54.6 Å². The lowest BCUT2D eigenvalue weighted by Crippen LogP contribution is -2.14. The summed E-state index contributed by atoms with van der Waals surface area (Å²) in [4.78, 5) is 16.5. The third kappa shape index (κ3) is 4.09. The molecule has 1 amide bonds. The first-order valence-electron chi connectivity index (χ1n) is 10.1. The number of benzene rings is 2. The highest BCUT2D eigenvalue weighted by atomic mass is 16.5. The molecule has 30 heavy (non-hydrogen) atoms. The Kier molecular flexibility index (Phi) is 4.99. The molecule has 0 bridgehead atoms. The third-order valence-corrected chi connectivity index (χ3v) is 5.19.